The van der Waals surface area contributed by atoms with E-state index in [9.17, 15) is 9.59 Å². The number of amides is 2. The molecule has 3 heterocycles. The molecule has 7 nitrogen and oxygen atoms in total. The molecule has 3 rings (SSSR count). The van der Waals surface area contributed by atoms with E-state index in [1.165, 1.54) is 0 Å². The summed E-state index contributed by atoms with van der Waals surface area (Å²) in [5, 5.41) is 0. The van der Waals surface area contributed by atoms with Gasteiger partial charge in [0.1, 0.15) is 11.9 Å². The van der Waals surface area contributed by atoms with Crippen LogP contribution in [0.1, 0.15) is 19.3 Å². The number of likely N-dealkylation sites (N-methyl/N-ethyl adjacent to an activating group) is 1. The minimum Gasteiger partial charge on any atom is -0.489 e. The number of hydrogen-bond donors (Lipinski definition) is 0. The number of pyridine rings is 1. The second-order valence-electron chi connectivity index (χ2n) is 7.38. The van der Waals surface area contributed by atoms with E-state index in [1.54, 1.807) is 12.4 Å². The van der Waals surface area contributed by atoms with Crippen molar-refractivity contribution in [2.75, 3.05) is 46.8 Å². The molecule has 1 atom stereocenters. The van der Waals surface area contributed by atoms with E-state index in [0.717, 1.165) is 25.1 Å². The Kier molecular flexibility index (Phi) is 6.08. The molecule has 0 aliphatic carbocycles. The van der Waals surface area contributed by atoms with E-state index in [2.05, 4.69) is 9.88 Å². The van der Waals surface area contributed by atoms with Gasteiger partial charge in [-0.1, -0.05) is 0 Å². The third kappa shape index (κ3) is 4.72. The standard InChI is InChI=1S/C19H28N4O3/c1-21(2)10-11-23-14-15(12-18(23)24)19(25)22-8-5-16(6-9-22)26-17-4-3-7-20-13-17/h3-4,7,13,15-16H,5-6,8-12,14H2,1-2H3/t15-/m0/s1. The lowest BCUT2D eigenvalue weighted by molar-refractivity contribution is -0.137. The second-order valence-corrected chi connectivity index (χ2v) is 7.38. The van der Waals surface area contributed by atoms with Crippen LogP contribution in [0.3, 0.4) is 0 Å². The zero-order valence-electron chi connectivity index (χ0n) is 15.6. The molecular formula is C19H28N4O3. The molecule has 26 heavy (non-hydrogen) atoms. The molecule has 2 aliphatic rings. The van der Waals surface area contributed by atoms with Crippen LogP contribution < -0.4 is 4.74 Å². The summed E-state index contributed by atoms with van der Waals surface area (Å²) in [6.07, 6.45) is 5.52. The second kappa shape index (κ2) is 8.49. The lowest BCUT2D eigenvalue weighted by atomic mass is 10.0. The molecule has 1 aromatic rings. The summed E-state index contributed by atoms with van der Waals surface area (Å²) in [7, 11) is 3.97. The first-order chi connectivity index (χ1) is 12.5. The fourth-order valence-electron chi connectivity index (χ4n) is 3.54. The fourth-order valence-corrected chi connectivity index (χ4v) is 3.54. The summed E-state index contributed by atoms with van der Waals surface area (Å²) < 4.78 is 5.93. The third-order valence-electron chi connectivity index (χ3n) is 5.07. The van der Waals surface area contributed by atoms with Crippen LogP contribution in [0.25, 0.3) is 0 Å². The van der Waals surface area contributed by atoms with Gasteiger partial charge in [0, 0.05) is 58.2 Å². The molecular weight excluding hydrogens is 332 g/mol. The van der Waals surface area contributed by atoms with Crippen molar-refractivity contribution >= 4 is 11.8 Å². The zero-order valence-corrected chi connectivity index (χ0v) is 15.6. The number of ether oxygens (including phenoxy) is 1. The van der Waals surface area contributed by atoms with Gasteiger partial charge in [0.2, 0.25) is 11.8 Å². The van der Waals surface area contributed by atoms with Crippen LogP contribution in [0.4, 0.5) is 0 Å². The Morgan fingerprint density at radius 1 is 1.35 bits per heavy atom. The molecule has 0 radical (unpaired) electrons. The highest BCUT2D eigenvalue weighted by Crippen LogP contribution is 2.23. The summed E-state index contributed by atoms with van der Waals surface area (Å²) in [6.45, 7) is 3.44. The highest BCUT2D eigenvalue weighted by Gasteiger charge is 2.37. The maximum atomic E-state index is 12.8. The Labute approximate surface area is 154 Å². The van der Waals surface area contributed by atoms with Gasteiger partial charge in [0.15, 0.2) is 0 Å². The summed E-state index contributed by atoms with van der Waals surface area (Å²) in [4.78, 5) is 34.8. The number of hydrogen-bond acceptors (Lipinski definition) is 5. The molecule has 1 aromatic heterocycles. The summed E-state index contributed by atoms with van der Waals surface area (Å²) in [6, 6.07) is 3.75. The van der Waals surface area contributed by atoms with Gasteiger partial charge in [0.05, 0.1) is 12.1 Å². The monoisotopic (exact) mass is 360 g/mol. The van der Waals surface area contributed by atoms with Gasteiger partial charge in [-0.25, -0.2) is 0 Å². The lowest BCUT2D eigenvalue weighted by Crippen LogP contribution is -2.45. The molecule has 2 aliphatic heterocycles. The number of carbonyl (C=O) groups excluding carboxylic acids is 2. The van der Waals surface area contributed by atoms with Crippen molar-refractivity contribution in [1.82, 2.24) is 19.7 Å². The maximum absolute atomic E-state index is 12.8. The van der Waals surface area contributed by atoms with Gasteiger partial charge in [0.25, 0.3) is 0 Å². The highest BCUT2D eigenvalue weighted by molar-refractivity contribution is 5.89. The minimum absolute atomic E-state index is 0.0972. The van der Waals surface area contributed by atoms with E-state index in [1.807, 2.05) is 36.0 Å². The summed E-state index contributed by atoms with van der Waals surface area (Å²) in [5.41, 5.74) is 0. The molecule has 2 amide bonds. The molecule has 0 N–H and O–H groups in total. The number of rotatable bonds is 6. The van der Waals surface area contributed by atoms with Gasteiger partial charge < -0.3 is 19.4 Å². The molecule has 0 spiro atoms. The van der Waals surface area contributed by atoms with E-state index in [0.29, 0.717) is 32.6 Å². The van der Waals surface area contributed by atoms with Crippen LogP contribution in [-0.2, 0) is 9.59 Å². The Morgan fingerprint density at radius 3 is 2.77 bits per heavy atom. The molecule has 0 aromatic carbocycles. The molecule has 0 bridgehead atoms. The van der Waals surface area contributed by atoms with Crippen molar-refractivity contribution in [3.05, 3.63) is 24.5 Å². The van der Waals surface area contributed by atoms with E-state index >= 15 is 0 Å². The van der Waals surface area contributed by atoms with Crippen LogP contribution in [-0.4, -0.2) is 84.4 Å². The summed E-state index contributed by atoms with van der Waals surface area (Å²) >= 11 is 0. The first-order valence-corrected chi connectivity index (χ1v) is 9.31. The number of nitrogens with zero attached hydrogens (tertiary/aromatic N) is 4. The number of aromatic nitrogens is 1. The maximum Gasteiger partial charge on any atom is 0.227 e. The highest BCUT2D eigenvalue weighted by atomic mass is 16.5. The Balaban J connectivity index is 1.46. The largest absolute Gasteiger partial charge is 0.489 e. The van der Waals surface area contributed by atoms with Gasteiger partial charge in [-0.15, -0.1) is 0 Å². The Hall–Kier alpha value is -2.15. The number of carbonyl (C=O) groups is 2. The molecule has 142 valence electrons. The van der Waals surface area contributed by atoms with E-state index in [4.69, 9.17) is 4.74 Å². The number of likely N-dealkylation sites (tertiary alicyclic amines) is 2. The molecule has 2 fully saturated rings. The molecule has 2 saturated heterocycles. The van der Waals surface area contributed by atoms with Gasteiger partial charge in [-0.05, 0) is 26.2 Å². The van der Waals surface area contributed by atoms with Crippen LogP contribution >= 0.6 is 0 Å². The van der Waals surface area contributed by atoms with Crippen LogP contribution in [0.15, 0.2) is 24.5 Å². The Bertz CT molecular complexity index is 614. The van der Waals surface area contributed by atoms with Gasteiger partial charge in [-0.2, -0.15) is 0 Å². The fraction of sp³-hybridized carbons (Fsp3) is 0.632. The van der Waals surface area contributed by atoms with E-state index < -0.39 is 0 Å². The van der Waals surface area contributed by atoms with Crippen molar-refractivity contribution in [3.8, 4) is 5.75 Å². The average Bonchev–Trinajstić information content (AvgIpc) is 3.02. The predicted molar refractivity (Wildman–Crippen MR) is 97.7 cm³/mol. The first kappa shape index (κ1) is 18.6. The molecule has 0 unspecified atom stereocenters. The SMILES string of the molecule is CN(C)CCN1C[C@@H](C(=O)N2CCC(Oc3cccnc3)CC2)CC1=O. The van der Waals surface area contributed by atoms with Gasteiger partial charge in [-0.3, -0.25) is 14.6 Å². The van der Waals surface area contributed by atoms with Crippen molar-refractivity contribution in [3.63, 3.8) is 0 Å². The quantitative estimate of drug-likeness (QED) is 0.753. The van der Waals surface area contributed by atoms with Crippen molar-refractivity contribution < 1.29 is 14.3 Å². The smallest absolute Gasteiger partial charge is 0.227 e. The molecule has 7 heteroatoms. The van der Waals surface area contributed by atoms with E-state index in [-0.39, 0.29) is 23.8 Å². The topological polar surface area (TPSA) is 66.0 Å². The Morgan fingerprint density at radius 2 is 2.12 bits per heavy atom. The normalized spacial score (nSPS) is 21.5. The zero-order chi connectivity index (χ0) is 18.5. The third-order valence-corrected chi connectivity index (χ3v) is 5.07. The minimum atomic E-state index is -0.194. The lowest BCUT2D eigenvalue weighted by Gasteiger charge is -2.33. The molecule has 0 saturated carbocycles. The number of piperidine rings is 1. The van der Waals surface area contributed by atoms with Crippen LogP contribution in [0.2, 0.25) is 0 Å². The van der Waals surface area contributed by atoms with Crippen LogP contribution in [0.5, 0.6) is 5.75 Å². The van der Waals surface area contributed by atoms with Crippen molar-refractivity contribution in [1.29, 1.82) is 0 Å². The van der Waals surface area contributed by atoms with Crippen molar-refractivity contribution in [2.24, 2.45) is 5.92 Å². The first-order valence-electron chi connectivity index (χ1n) is 9.31. The van der Waals surface area contributed by atoms with Crippen molar-refractivity contribution in [2.45, 2.75) is 25.4 Å². The van der Waals surface area contributed by atoms with Crippen LogP contribution in [0, 0.1) is 5.92 Å². The predicted octanol–water partition coefficient (Wildman–Crippen LogP) is 0.862. The summed E-state index contributed by atoms with van der Waals surface area (Å²) in [5.74, 6) is 0.793. The van der Waals surface area contributed by atoms with Gasteiger partial charge >= 0.3 is 0 Å². The average molecular weight is 360 g/mol.